The average Bonchev–Trinajstić information content (AvgIpc) is 2.72. The molecule has 94 valence electrons. The Morgan fingerprint density at radius 2 is 2.29 bits per heavy atom. The van der Waals surface area contributed by atoms with E-state index in [1.54, 1.807) is 7.11 Å². The quantitative estimate of drug-likeness (QED) is 0.914. The maximum Gasteiger partial charge on any atom is 0.0738 e. The normalized spacial score (nSPS) is 24.2. The molecule has 4 heteroatoms. The molecule has 0 aromatic heterocycles. The largest absolute Gasteiger partial charge is 0.380 e. The SMILES string of the molecule is COCc1c(Cl)cc(C2(C)CCCN2)cc1Br. The van der Waals surface area contributed by atoms with Crippen molar-refractivity contribution in [3.63, 3.8) is 0 Å². The van der Waals surface area contributed by atoms with Crippen LogP contribution in [0, 0.1) is 0 Å². The summed E-state index contributed by atoms with van der Waals surface area (Å²) in [6, 6.07) is 4.21. The lowest BCUT2D eigenvalue weighted by molar-refractivity contribution is 0.184. The molecular weight excluding hydrogens is 302 g/mol. The van der Waals surface area contributed by atoms with Gasteiger partial charge in [-0.25, -0.2) is 0 Å². The summed E-state index contributed by atoms with van der Waals surface area (Å²) in [4.78, 5) is 0. The minimum atomic E-state index is 0.0533. The van der Waals surface area contributed by atoms with Crippen molar-refractivity contribution < 1.29 is 4.74 Å². The number of hydrogen-bond acceptors (Lipinski definition) is 2. The molecule has 0 aliphatic carbocycles. The van der Waals surface area contributed by atoms with Crippen LogP contribution in [0.4, 0.5) is 0 Å². The summed E-state index contributed by atoms with van der Waals surface area (Å²) in [6.07, 6.45) is 2.37. The Morgan fingerprint density at radius 1 is 1.53 bits per heavy atom. The highest BCUT2D eigenvalue weighted by atomic mass is 79.9. The van der Waals surface area contributed by atoms with Crippen molar-refractivity contribution in [2.75, 3.05) is 13.7 Å². The molecule has 1 atom stereocenters. The third kappa shape index (κ3) is 2.68. The van der Waals surface area contributed by atoms with Crippen LogP contribution in [-0.2, 0) is 16.9 Å². The van der Waals surface area contributed by atoms with E-state index in [2.05, 4.69) is 40.3 Å². The first-order chi connectivity index (χ1) is 8.07. The van der Waals surface area contributed by atoms with E-state index in [1.807, 2.05) is 0 Å². The van der Waals surface area contributed by atoms with Crippen molar-refractivity contribution in [1.82, 2.24) is 5.32 Å². The highest BCUT2D eigenvalue weighted by Gasteiger charge is 2.30. The molecule has 0 bridgehead atoms. The molecular formula is C13H17BrClNO. The van der Waals surface area contributed by atoms with Gasteiger partial charge >= 0.3 is 0 Å². The summed E-state index contributed by atoms with van der Waals surface area (Å²) in [5, 5.41) is 4.31. The molecule has 0 radical (unpaired) electrons. The van der Waals surface area contributed by atoms with Crippen LogP contribution in [0.5, 0.6) is 0 Å². The van der Waals surface area contributed by atoms with Gasteiger partial charge in [0.2, 0.25) is 0 Å². The van der Waals surface area contributed by atoms with E-state index in [4.69, 9.17) is 16.3 Å². The van der Waals surface area contributed by atoms with E-state index in [1.165, 1.54) is 12.0 Å². The van der Waals surface area contributed by atoms with Crippen molar-refractivity contribution >= 4 is 27.5 Å². The van der Waals surface area contributed by atoms with E-state index < -0.39 is 0 Å². The maximum absolute atomic E-state index is 6.32. The Morgan fingerprint density at radius 3 is 2.82 bits per heavy atom. The smallest absolute Gasteiger partial charge is 0.0738 e. The number of rotatable bonds is 3. The molecule has 1 aromatic carbocycles. The van der Waals surface area contributed by atoms with Gasteiger partial charge in [-0.1, -0.05) is 27.5 Å². The fourth-order valence-electron chi connectivity index (χ4n) is 2.34. The van der Waals surface area contributed by atoms with E-state index in [-0.39, 0.29) is 5.54 Å². The third-order valence-corrected chi connectivity index (χ3v) is 4.48. The van der Waals surface area contributed by atoms with Crippen LogP contribution in [-0.4, -0.2) is 13.7 Å². The fourth-order valence-corrected chi connectivity index (χ4v) is 3.31. The second-order valence-electron chi connectivity index (χ2n) is 4.71. The van der Waals surface area contributed by atoms with Gasteiger partial charge in [0.05, 0.1) is 6.61 Å². The van der Waals surface area contributed by atoms with E-state index in [9.17, 15) is 0 Å². The van der Waals surface area contributed by atoms with E-state index in [0.29, 0.717) is 6.61 Å². The Balaban J connectivity index is 2.38. The molecule has 17 heavy (non-hydrogen) atoms. The number of benzene rings is 1. The molecule has 0 saturated carbocycles. The van der Waals surface area contributed by atoms with Gasteiger partial charge in [-0.3, -0.25) is 0 Å². The Kier molecular flexibility index (Phi) is 4.14. The first kappa shape index (κ1) is 13.3. The van der Waals surface area contributed by atoms with Crippen molar-refractivity contribution in [1.29, 1.82) is 0 Å². The molecule has 1 aliphatic heterocycles. The van der Waals surface area contributed by atoms with Crippen LogP contribution < -0.4 is 5.32 Å². The summed E-state index contributed by atoms with van der Waals surface area (Å²) in [6.45, 7) is 3.84. The van der Waals surface area contributed by atoms with Gasteiger partial charge in [0.1, 0.15) is 0 Å². The second-order valence-corrected chi connectivity index (χ2v) is 5.98. The summed E-state index contributed by atoms with van der Waals surface area (Å²) in [5.74, 6) is 0. The van der Waals surface area contributed by atoms with Gasteiger partial charge in [0.25, 0.3) is 0 Å². The molecule has 1 saturated heterocycles. The van der Waals surface area contributed by atoms with Gasteiger partial charge < -0.3 is 10.1 Å². The number of methoxy groups -OCH3 is 1. The Hall–Kier alpha value is -0.0900. The molecule has 1 fully saturated rings. The summed E-state index contributed by atoms with van der Waals surface area (Å²) in [7, 11) is 1.68. The van der Waals surface area contributed by atoms with Crippen LogP contribution in [0.15, 0.2) is 16.6 Å². The monoisotopic (exact) mass is 317 g/mol. The van der Waals surface area contributed by atoms with Crippen LogP contribution in [0.1, 0.15) is 30.9 Å². The minimum Gasteiger partial charge on any atom is -0.380 e. The third-order valence-electron chi connectivity index (χ3n) is 3.44. The maximum atomic E-state index is 6.32. The van der Waals surface area contributed by atoms with Gasteiger partial charge in [0, 0.05) is 27.7 Å². The lowest BCUT2D eigenvalue weighted by Gasteiger charge is -2.26. The lowest BCUT2D eigenvalue weighted by Crippen LogP contribution is -2.33. The molecule has 0 amide bonds. The second kappa shape index (κ2) is 5.27. The molecule has 1 unspecified atom stereocenters. The molecule has 1 heterocycles. The highest BCUT2D eigenvalue weighted by Crippen LogP contribution is 2.36. The molecule has 2 nitrogen and oxygen atoms in total. The van der Waals surface area contributed by atoms with Crippen LogP contribution >= 0.6 is 27.5 Å². The standard InChI is InChI=1S/C13H17BrClNO/c1-13(4-3-5-16-13)9-6-11(14)10(8-17-2)12(15)7-9/h6-7,16H,3-5,8H2,1-2H3. The van der Waals surface area contributed by atoms with Gasteiger partial charge in [-0.2, -0.15) is 0 Å². The zero-order chi connectivity index (χ0) is 12.5. The summed E-state index contributed by atoms with van der Waals surface area (Å²) in [5.41, 5.74) is 2.31. The lowest BCUT2D eigenvalue weighted by atomic mass is 9.90. The van der Waals surface area contributed by atoms with Crippen molar-refractivity contribution in [3.05, 3.63) is 32.8 Å². The summed E-state index contributed by atoms with van der Waals surface area (Å²) < 4.78 is 6.17. The number of halogens is 2. The predicted octanol–water partition coefficient (Wildman–Crippen LogP) is 3.85. The number of nitrogens with one attached hydrogen (secondary N) is 1. The molecule has 1 N–H and O–H groups in total. The zero-order valence-corrected chi connectivity index (χ0v) is 12.5. The zero-order valence-electron chi connectivity index (χ0n) is 10.1. The van der Waals surface area contributed by atoms with Crippen LogP contribution in [0.2, 0.25) is 5.02 Å². The van der Waals surface area contributed by atoms with Crippen molar-refractivity contribution in [2.24, 2.45) is 0 Å². The summed E-state index contributed by atoms with van der Waals surface area (Å²) >= 11 is 9.89. The number of hydrogen-bond donors (Lipinski definition) is 1. The van der Waals surface area contributed by atoms with Crippen molar-refractivity contribution in [3.8, 4) is 0 Å². The van der Waals surface area contributed by atoms with Gasteiger partial charge in [-0.15, -0.1) is 0 Å². The minimum absolute atomic E-state index is 0.0533. The van der Waals surface area contributed by atoms with Crippen LogP contribution in [0.25, 0.3) is 0 Å². The molecule has 0 spiro atoms. The topological polar surface area (TPSA) is 21.3 Å². The number of ether oxygens (including phenoxy) is 1. The molecule has 1 aromatic rings. The van der Waals surface area contributed by atoms with Gasteiger partial charge in [0.15, 0.2) is 0 Å². The Labute approximate surface area is 116 Å². The first-order valence-corrected chi connectivity index (χ1v) is 6.96. The fraction of sp³-hybridized carbons (Fsp3) is 0.538. The highest BCUT2D eigenvalue weighted by molar-refractivity contribution is 9.10. The average molecular weight is 319 g/mol. The van der Waals surface area contributed by atoms with Crippen LogP contribution in [0.3, 0.4) is 0 Å². The van der Waals surface area contributed by atoms with E-state index in [0.717, 1.165) is 28.0 Å². The first-order valence-electron chi connectivity index (χ1n) is 5.79. The predicted molar refractivity (Wildman–Crippen MR) is 74.5 cm³/mol. The van der Waals surface area contributed by atoms with Crippen molar-refractivity contribution in [2.45, 2.75) is 31.9 Å². The molecule has 2 rings (SSSR count). The molecule has 1 aliphatic rings. The van der Waals surface area contributed by atoms with E-state index >= 15 is 0 Å². The van der Waals surface area contributed by atoms with Gasteiger partial charge in [-0.05, 0) is 44.0 Å². The Bertz CT molecular complexity index is 393.